The number of rotatable bonds is 13. The van der Waals surface area contributed by atoms with E-state index in [1.807, 2.05) is 31.2 Å². The number of aliphatic hydroxyl groups is 1. The minimum Gasteiger partial charge on any atom is -0.465 e. The highest BCUT2D eigenvalue weighted by Gasteiger charge is 2.77. The second kappa shape index (κ2) is 11.4. The Hall–Kier alpha value is -3.18. The molecule has 4 heterocycles. The number of likely N-dealkylation sites (tertiary alicyclic amines) is 1. The molecule has 0 saturated carbocycles. The van der Waals surface area contributed by atoms with Crippen LogP contribution in [0.25, 0.3) is 11.0 Å². The van der Waals surface area contributed by atoms with Crippen LogP contribution in [0, 0.1) is 11.8 Å². The molecule has 3 aliphatic rings. The number of amides is 2. The van der Waals surface area contributed by atoms with E-state index in [4.69, 9.17) is 4.74 Å². The van der Waals surface area contributed by atoms with Gasteiger partial charge in [0.2, 0.25) is 11.8 Å². The Kier molecular flexibility index (Phi) is 8.05. The predicted octanol–water partition coefficient (Wildman–Crippen LogP) is 2.78. The number of nitrogens with zero attached hydrogens (tertiary/aromatic N) is 5. The zero-order chi connectivity index (χ0) is 28.5. The highest BCUT2D eigenvalue weighted by atomic mass is 32.2. The van der Waals surface area contributed by atoms with Crippen LogP contribution in [-0.4, -0.2) is 89.5 Å². The summed E-state index contributed by atoms with van der Waals surface area (Å²) in [6.45, 7) is 10.4. The normalized spacial score (nSPS) is 28.6. The van der Waals surface area contributed by atoms with Crippen LogP contribution in [0.4, 0.5) is 0 Å². The maximum atomic E-state index is 14.5. The molecule has 1 aromatic carbocycles. The van der Waals surface area contributed by atoms with Gasteiger partial charge in [-0.1, -0.05) is 29.5 Å². The van der Waals surface area contributed by atoms with Crippen molar-refractivity contribution in [3.63, 3.8) is 0 Å². The van der Waals surface area contributed by atoms with E-state index in [0.717, 1.165) is 17.5 Å². The van der Waals surface area contributed by atoms with Crippen molar-refractivity contribution in [1.29, 1.82) is 0 Å². The van der Waals surface area contributed by atoms with Crippen molar-refractivity contribution in [2.45, 2.75) is 61.2 Å². The highest BCUT2D eigenvalue weighted by molar-refractivity contribution is 8.02. The van der Waals surface area contributed by atoms with Crippen molar-refractivity contribution in [3.05, 3.63) is 49.6 Å². The summed E-state index contributed by atoms with van der Waals surface area (Å²) in [5, 5.41) is 18.1. The summed E-state index contributed by atoms with van der Waals surface area (Å²) in [5.41, 5.74) is 1.52. The molecule has 2 aromatic rings. The standard InChI is InChI=1S/C29H37N5O5S/c1-4-6-9-18-39-27(38)23-22-25(36)33(16-10-17-35)24(29(22)14-13-28(23,3)40-29)26(37)32(15-5-2)19-34-21-12-8-7-11-20(21)30-31-34/h4-5,7-8,11-12,22-24,35H,1-2,6,9-10,13-19H2,3H3/t22-,23-,24?,28+,29?/m0/s1. The number of thioether (sulfide) groups is 1. The number of hydrogen-bond acceptors (Lipinski definition) is 8. The summed E-state index contributed by atoms with van der Waals surface area (Å²) in [5.74, 6) is -2.09. The van der Waals surface area contributed by atoms with E-state index in [1.165, 1.54) is 0 Å². The van der Waals surface area contributed by atoms with Crippen LogP contribution >= 0.6 is 11.8 Å². The molecular weight excluding hydrogens is 530 g/mol. The van der Waals surface area contributed by atoms with Crippen molar-refractivity contribution in [2.24, 2.45) is 11.8 Å². The molecule has 3 fully saturated rings. The fourth-order valence-electron chi connectivity index (χ4n) is 6.76. The van der Waals surface area contributed by atoms with Gasteiger partial charge in [0.05, 0.1) is 28.7 Å². The average Bonchev–Trinajstić information content (AvgIpc) is 3.65. The monoisotopic (exact) mass is 567 g/mol. The van der Waals surface area contributed by atoms with Crippen LogP contribution in [-0.2, 0) is 25.8 Å². The number of aliphatic hydroxyl groups excluding tert-OH is 1. The summed E-state index contributed by atoms with van der Waals surface area (Å²) in [4.78, 5) is 45.3. The first-order chi connectivity index (χ1) is 19.3. The molecular formula is C29H37N5O5S. The van der Waals surface area contributed by atoms with Gasteiger partial charge in [-0.2, -0.15) is 0 Å². The van der Waals surface area contributed by atoms with Gasteiger partial charge >= 0.3 is 5.97 Å². The van der Waals surface area contributed by atoms with Crippen LogP contribution in [0.3, 0.4) is 0 Å². The third kappa shape index (κ3) is 4.62. The molecule has 5 atom stereocenters. The van der Waals surface area contributed by atoms with E-state index in [1.54, 1.807) is 38.4 Å². The summed E-state index contributed by atoms with van der Waals surface area (Å²) in [6, 6.07) is 6.75. The van der Waals surface area contributed by atoms with E-state index >= 15 is 0 Å². The number of esters is 1. The van der Waals surface area contributed by atoms with Crippen LogP contribution in [0.2, 0.25) is 0 Å². The number of ether oxygens (including phenoxy) is 1. The van der Waals surface area contributed by atoms with Gasteiger partial charge < -0.3 is 19.6 Å². The van der Waals surface area contributed by atoms with E-state index in [2.05, 4.69) is 23.5 Å². The Balaban J connectivity index is 1.48. The van der Waals surface area contributed by atoms with E-state index in [0.29, 0.717) is 25.7 Å². The Morgan fingerprint density at radius 3 is 2.80 bits per heavy atom. The quantitative estimate of drug-likeness (QED) is 0.223. The molecule has 1 aromatic heterocycles. The fourth-order valence-corrected chi connectivity index (χ4v) is 9.10. The van der Waals surface area contributed by atoms with Gasteiger partial charge in [-0.3, -0.25) is 14.4 Å². The molecule has 40 heavy (non-hydrogen) atoms. The van der Waals surface area contributed by atoms with Crippen molar-refractivity contribution in [1.82, 2.24) is 24.8 Å². The zero-order valence-corrected chi connectivity index (χ0v) is 23.7. The van der Waals surface area contributed by atoms with Crippen molar-refractivity contribution >= 4 is 40.6 Å². The maximum Gasteiger partial charge on any atom is 0.311 e. The number of para-hydroxylation sites is 1. The molecule has 2 unspecified atom stereocenters. The number of aromatic nitrogens is 3. The first-order valence-electron chi connectivity index (χ1n) is 13.9. The first kappa shape index (κ1) is 28.4. The van der Waals surface area contributed by atoms with Crippen molar-refractivity contribution in [2.75, 3.05) is 26.3 Å². The number of hydrogen-bond donors (Lipinski definition) is 1. The van der Waals surface area contributed by atoms with Gasteiger partial charge in [0.25, 0.3) is 0 Å². The Labute approximate surface area is 238 Å². The van der Waals surface area contributed by atoms with Gasteiger partial charge in [-0.05, 0) is 51.2 Å². The average molecular weight is 568 g/mol. The summed E-state index contributed by atoms with van der Waals surface area (Å²) in [7, 11) is 0. The number of fused-ring (bicyclic) bond motifs is 2. The molecule has 3 saturated heterocycles. The van der Waals surface area contributed by atoms with Gasteiger partial charge in [0, 0.05) is 24.4 Å². The molecule has 11 heteroatoms. The number of unbranched alkanes of at least 4 members (excludes halogenated alkanes) is 1. The van der Waals surface area contributed by atoms with Gasteiger partial charge in [0.15, 0.2) is 0 Å². The van der Waals surface area contributed by atoms with Crippen LogP contribution in [0.1, 0.15) is 39.0 Å². The highest BCUT2D eigenvalue weighted by Crippen LogP contribution is 2.71. The molecule has 10 nitrogen and oxygen atoms in total. The van der Waals surface area contributed by atoms with Crippen LogP contribution < -0.4 is 0 Å². The smallest absolute Gasteiger partial charge is 0.311 e. The van der Waals surface area contributed by atoms with Crippen LogP contribution in [0.15, 0.2) is 49.6 Å². The number of allylic oxidation sites excluding steroid dienone is 1. The number of carbonyl (C=O) groups is 3. The number of benzene rings is 1. The molecule has 214 valence electrons. The second-order valence-corrected chi connectivity index (χ2v) is 12.9. The predicted molar refractivity (Wildman–Crippen MR) is 152 cm³/mol. The summed E-state index contributed by atoms with van der Waals surface area (Å²) < 4.78 is 6.09. The molecule has 1 N–H and O–H groups in total. The van der Waals surface area contributed by atoms with E-state index < -0.39 is 27.4 Å². The zero-order valence-electron chi connectivity index (χ0n) is 22.9. The second-order valence-electron chi connectivity index (χ2n) is 11.0. The van der Waals surface area contributed by atoms with Gasteiger partial charge in [0.1, 0.15) is 18.2 Å². The van der Waals surface area contributed by atoms with Crippen molar-refractivity contribution in [3.8, 4) is 0 Å². The lowest BCUT2D eigenvalue weighted by Gasteiger charge is -2.37. The Bertz CT molecular complexity index is 1310. The largest absolute Gasteiger partial charge is 0.465 e. The number of carbonyl (C=O) groups excluding carboxylic acids is 3. The molecule has 3 aliphatic heterocycles. The SMILES string of the molecule is C=CCCCOC(=O)[C@@H]1[C@H]2C(=O)N(CCCO)C(C(=O)N(CC=C)Cn3nnc4ccccc43)C23CC[C@@]1(C)S3. The minimum absolute atomic E-state index is 0.108. The topological polar surface area (TPSA) is 118 Å². The molecule has 2 bridgehead atoms. The lowest BCUT2D eigenvalue weighted by atomic mass is 9.66. The van der Waals surface area contributed by atoms with Gasteiger partial charge in [-0.25, -0.2) is 4.68 Å². The fraction of sp³-hybridized carbons (Fsp3) is 0.552. The lowest BCUT2D eigenvalue weighted by molar-refractivity contribution is -0.155. The third-order valence-electron chi connectivity index (χ3n) is 8.50. The Morgan fingerprint density at radius 2 is 2.05 bits per heavy atom. The third-order valence-corrected chi connectivity index (χ3v) is 10.5. The molecule has 0 aliphatic carbocycles. The molecule has 1 spiro atoms. The van der Waals surface area contributed by atoms with E-state index in [-0.39, 0.29) is 50.8 Å². The van der Waals surface area contributed by atoms with E-state index in [9.17, 15) is 19.5 Å². The lowest BCUT2D eigenvalue weighted by Crippen LogP contribution is -2.55. The molecule has 5 rings (SSSR count). The maximum absolute atomic E-state index is 14.5. The van der Waals surface area contributed by atoms with Gasteiger partial charge in [-0.15, -0.1) is 30.0 Å². The summed E-state index contributed by atoms with van der Waals surface area (Å²) >= 11 is 1.61. The van der Waals surface area contributed by atoms with Crippen LogP contribution in [0.5, 0.6) is 0 Å². The summed E-state index contributed by atoms with van der Waals surface area (Å²) in [6.07, 6.45) is 6.54. The first-order valence-corrected chi connectivity index (χ1v) is 14.7. The minimum atomic E-state index is -0.781. The molecule has 0 radical (unpaired) electrons. The molecule has 2 amide bonds. The Morgan fingerprint density at radius 1 is 1.25 bits per heavy atom. The van der Waals surface area contributed by atoms with Crippen molar-refractivity contribution < 1.29 is 24.2 Å².